The first kappa shape index (κ1) is 21.0. The van der Waals surface area contributed by atoms with Crippen LogP contribution in [0.5, 0.6) is 5.75 Å². The third kappa shape index (κ3) is 4.30. The van der Waals surface area contributed by atoms with Gasteiger partial charge in [0.2, 0.25) is 0 Å². The van der Waals surface area contributed by atoms with Crippen LogP contribution in [0.1, 0.15) is 28.1 Å². The van der Waals surface area contributed by atoms with Crippen molar-refractivity contribution in [2.45, 2.75) is 27.7 Å². The van der Waals surface area contributed by atoms with Crippen molar-refractivity contribution in [1.82, 2.24) is 9.88 Å². The molecule has 2 heterocycles. The third-order valence-electron chi connectivity index (χ3n) is 5.46. The Morgan fingerprint density at radius 1 is 1.00 bits per heavy atom. The first-order valence-corrected chi connectivity index (χ1v) is 10.9. The maximum atomic E-state index is 12.5. The highest BCUT2D eigenvalue weighted by Gasteiger charge is 2.24. The number of ether oxygens (including phenoxy) is 1. The Kier molecular flexibility index (Phi) is 5.74. The van der Waals surface area contributed by atoms with Gasteiger partial charge in [-0.25, -0.2) is 4.99 Å². The van der Waals surface area contributed by atoms with E-state index < -0.39 is 0 Å². The molecule has 1 amide bonds. The molecule has 0 bridgehead atoms. The van der Waals surface area contributed by atoms with E-state index in [4.69, 9.17) is 4.74 Å². The van der Waals surface area contributed by atoms with Crippen molar-refractivity contribution >= 4 is 34.6 Å². The number of hydrogen-bond acceptors (Lipinski definition) is 4. The Hall–Kier alpha value is -3.25. The predicted octanol–water partition coefficient (Wildman–Crippen LogP) is 5.61. The molecule has 0 radical (unpaired) electrons. The maximum absolute atomic E-state index is 12.5. The normalized spacial score (nSPS) is 16.2. The van der Waals surface area contributed by atoms with Crippen LogP contribution in [0, 0.1) is 27.7 Å². The van der Waals surface area contributed by atoms with E-state index in [0.717, 1.165) is 34.1 Å². The first-order valence-electron chi connectivity index (χ1n) is 10.1. The smallest absolute Gasteiger partial charge is 0.264 e. The number of amides is 1. The molecule has 1 aliphatic rings. The summed E-state index contributed by atoms with van der Waals surface area (Å²) in [6, 6.07) is 16.0. The van der Waals surface area contributed by atoms with Crippen LogP contribution in [0.15, 0.2) is 58.4 Å². The highest BCUT2D eigenvalue weighted by atomic mass is 32.2. The van der Waals surface area contributed by atoms with Crippen molar-refractivity contribution in [3.8, 4) is 11.4 Å². The molecule has 3 aromatic rings. The lowest BCUT2D eigenvalue weighted by Gasteiger charge is -2.11. The fourth-order valence-electron chi connectivity index (χ4n) is 3.59. The molecule has 0 saturated carbocycles. The molecular weight excluding hydrogens is 406 g/mol. The fourth-order valence-corrected chi connectivity index (χ4v) is 4.42. The molecule has 1 fully saturated rings. The highest BCUT2D eigenvalue weighted by Crippen LogP contribution is 2.31. The highest BCUT2D eigenvalue weighted by molar-refractivity contribution is 8.18. The van der Waals surface area contributed by atoms with Crippen LogP contribution in [0.3, 0.4) is 0 Å². The van der Waals surface area contributed by atoms with E-state index in [1.54, 1.807) is 7.11 Å². The van der Waals surface area contributed by atoms with Crippen LogP contribution in [0.2, 0.25) is 0 Å². The summed E-state index contributed by atoms with van der Waals surface area (Å²) in [5.74, 6) is 0.639. The van der Waals surface area contributed by atoms with Gasteiger partial charge in [0.1, 0.15) is 5.75 Å². The molecule has 31 heavy (non-hydrogen) atoms. The Morgan fingerprint density at radius 3 is 2.42 bits per heavy atom. The number of aromatic nitrogens is 1. The molecule has 1 aliphatic heterocycles. The largest absolute Gasteiger partial charge is 0.497 e. The zero-order valence-corrected chi connectivity index (χ0v) is 19.1. The Balaban J connectivity index is 1.62. The van der Waals surface area contributed by atoms with E-state index in [0.29, 0.717) is 10.1 Å². The fraction of sp³-hybridized carbons (Fsp3) is 0.200. The quantitative estimate of drug-likeness (QED) is 0.546. The standard InChI is InChI=1S/C25H25N3O2S/c1-15-6-9-21(12-16(15)2)28-17(3)13-19(18(28)4)14-23-24(29)27-25(31-23)26-20-7-10-22(30-5)11-8-20/h6-14H,1-5H3,(H,26,27,29)/b23-14-. The molecule has 0 atom stereocenters. The number of nitrogens with zero attached hydrogens (tertiary/aromatic N) is 2. The number of hydrogen-bond donors (Lipinski definition) is 1. The van der Waals surface area contributed by atoms with Crippen molar-refractivity contribution in [1.29, 1.82) is 0 Å². The average molecular weight is 432 g/mol. The molecule has 6 heteroatoms. The number of carbonyl (C=O) groups is 1. The van der Waals surface area contributed by atoms with Crippen LogP contribution in [-0.2, 0) is 4.79 Å². The monoisotopic (exact) mass is 431 g/mol. The van der Waals surface area contributed by atoms with E-state index >= 15 is 0 Å². The number of thioether (sulfide) groups is 1. The second-order valence-electron chi connectivity index (χ2n) is 7.61. The van der Waals surface area contributed by atoms with Crippen LogP contribution in [-0.4, -0.2) is 22.8 Å². The van der Waals surface area contributed by atoms with E-state index in [1.165, 1.54) is 22.9 Å². The predicted molar refractivity (Wildman–Crippen MR) is 129 cm³/mol. The maximum Gasteiger partial charge on any atom is 0.264 e. The molecule has 5 nitrogen and oxygen atoms in total. The van der Waals surface area contributed by atoms with E-state index in [1.807, 2.05) is 30.3 Å². The summed E-state index contributed by atoms with van der Waals surface area (Å²) in [5.41, 5.74) is 7.68. The summed E-state index contributed by atoms with van der Waals surface area (Å²) >= 11 is 1.35. The van der Waals surface area contributed by atoms with Gasteiger partial charge < -0.3 is 14.6 Å². The Morgan fingerprint density at radius 2 is 1.74 bits per heavy atom. The SMILES string of the molecule is COc1ccc(N=C2NC(=O)/C(=C/c3cc(C)n(-c4ccc(C)c(C)c4)c3C)S2)cc1. The minimum absolute atomic E-state index is 0.131. The number of aryl methyl sites for hydroxylation is 3. The molecule has 0 unspecified atom stereocenters. The van der Waals surface area contributed by atoms with Gasteiger partial charge >= 0.3 is 0 Å². The second-order valence-corrected chi connectivity index (χ2v) is 8.64. The van der Waals surface area contributed by atoms with Crippen LogP contribution >= 0.6 is 11.8 Å². The van der Waals surface area contributed by atoms with Gasteiger partial charge in [-0.05, 0) is 105 Å². The van der Waals surface area contributed by atoms with Crippen molar-refractivity contribution in [3.63, 3.8) is 0 Å². The molecule has 1 aromatic heterocycles. The van der Waals surface area contributed by atoms with Crippen molar-refractivity contribution in [2.75, 3.05) is 7.11 Å². The zero-order chi connectivity index (χ0) is 22.1. The van der Waals surface area contributed by atoms with Gasteiger partial charge in [0.15, 0.2) is 5.17 Å². The summed E-state index contributed by atoms with van der Waals surface area (Å²) in [4.78, 5) is 17.7. The number of benzene rings is 2. The Bertz CT molecular complexity index is 1220. The van der Waals surface area contributed by atoms with Gasteiger partial charge in [0.05, 0.1) is 17.7 Å². The van der Waals surface area contributed by atoms with Crippen LogP contribution in [0.25, 0.3) is 11.8 Å². The lowest BCUT2D eigenvalue weighted by atomic mass is 10.1. The van der Waals surface area contributed by atoms with Crippen molar-refractivity contribution in [3.05, 3.63) is 81.5 Å². The molecule has 158 valence electrons. The summed E-state index contributed by atoms with van der Waals surface area (Å²) in [6.07, 6.45) is 1.94. The zero-order valence-electron chi connectivity index (χ0n) is 18.3. The summed E-state index contributed by atoms with van der Waals surface area (Å²) in [5, 5.41) is 3.43. The van der Waals surface area contributed by atoms with Crippen LogP contribution in [0.4, 0.5) is 5.69 Å². The van der Waals surface area contributed by atoms with Gasteiger partial charge in [-0.1, -0.05) is 6.07 Å². The van der Waals surface area contributed by atoms with E-state index in [-0.39, 0.29) is 5.91 Å². The number of methoxy groups -OCH3 is 1. The van der Waals surface area contributed by atoms with E-state index in [9.17, 15) is 4.79 Å². The molecule has 0 aliphatic carbocycles. The number of amidine groups is 1. The van der Waals surface area contributed by atoms with Gasteiger partial charge in [0, 0.05) is 17.1 Å². The second kappa shape index (κ2) is 8.47. The lowest BCUT2D eigenvalue weighted by Crippen LogP contribution is -2.19. The van der Waals surface area contributed by atoms with Crippen LogP contribution < -0.4 is 10.1 Å². The summed E-state index contributed by atoms with van der Waals surface area (Å²) < 4.78 is 7.40. The lowest BCUT2D eigenvalue weighted by molar-refractivity contribution is -0.115. The number of carbonyl (C=O) groups excluding carboxylic acids is 1. The van der Waals surface area contributed by atoms with E-state index in [2.05, 4.69) is 66.8 Å². The summed E-state index contributed by atoms with van der Waals surface area (Å²) in [6.45, 7) is 8.41. The molecule has 0 spiro atoms. The van der Waals surface area contributed by atoms with Crippen molar-refractivity contribution < 1.29 is 9.53 Å². The minimum atomic E-state index is -0.131. The van der Waals surface area contributed by atoms with Gasteiger partial charge in [-0.3, -0.25) is 4.79 Å². The molecule has 4 rings (SSSR count). The van der Waals surface area contributed by atoms with Gasteiger partial charge in [-0.2, -0.15) is 0 Å². The molecule has 2 aromatic carbocycles. The Labute approximate surface area is 186 Å². The molecular formula is C25H25N3O2S. The topological polar surface area (TPSA) is 55.6 Å². The van der Waals surface area contributed by atoms with Gasteiger partial charge in [-0.15, -0.1) is 0 Å². The third-order valence-corrected chi connectivity index (χ3v) is 6.37. The first-order chi connectivity index (χ1) is 14.9. The number of nitrogens with one attached hydrogen (secondary N) is 1. The van der Waals surface area contributed by atoms with Crippen molar-refractivity contribution in [2.24, 2.45) is 4.99 Å². The van der Waals surface area contributed by atoms with Gasteiger partial charge in [0.25, 0.3) is 5.91 Å². The minimum Gasteiger partial charge on any atom is -0.497 e. The summed E-state index contributed by atoms with van der Waals surface area (Å²) in [7, 11) is 1.63. The number of rotatable bonds is 4. The number of aliphatic imine (C=N–C) groups is 1. The average Bonchev–Trinajstić information content (AvgIpc) is 3.23. The molecule has 1 saturated heterocycles. The molecule has 1 N–H and O–H groups in total.